The van der Waals surface area contributed by atoms with Crippen LogP contribution in [0, 0.1) is 5.41 Å². The Bertz CT molecular complexity index is 311. The maximum Gasteiger partial charge on any atom is 0.0410 e. The summed E-state index contributed by atoms with van der Waals surface area (Å²) < 4.78 is 0. The molecule has 0 spiro atoms. The van der Waals surface area contributed by atoms with E-state index in [9.17, 15) is 0 Å². The van der Waals surface area contributed by atoms with Crippen LogP contribution in [0.2, 0.25) is 0 Å². The number of nitrogens with zero attached hydrogens (tertiary/aromatic N) is 1. The van der Waals surface area contributed by atoms with Crippen molar-refractivity contribution in [1.82, 2.24) is 4.90 Å². The first kappa shape index (κ1) is 12.5. The van der Waals surface area contributed by atoms with Gasteiger partial charge in [-0.15, -0.1) is 11.3 Å². The zero-order valence-electron chi connectivity index (χ0n) is 10.1. The fraction of sp³-hybridized carbons (Fsp3) is 0.692. The van der Waals surface area contributed by atoms with Gasteiger partial charge in [0.2, 0.25) is 0 Å². The van der Waals surface area contributed by atoms with E-state index in [0.29, 0.717) is 11.5 Å². The van der Waals surface area contributed by atoms with E-state index in [1.54, 1.807) is 0 Å². The molecule has 16 heavy (non-hydrogen) atoms. The first-order chi connectivity index (χ1) is 7.67. The summed E-state index contributed by atoms with van der Waals surface area (Å²) in [6.07, 6.45) is 4.11. The van der Waals surface area contributed by atoms with Gasteiger partial charge in [0.15, 0.2) is 0 Å². The van der Waals surface area contributed by atoms with Gasteiger partial charge in [-0.1, -0.05) is 12.5 Å². The predicted molar refractivity (Wildman–Crippen MR) is 75.5 cm³/mol. The third-order valence-electron chi connectivity index (χ3n) is 3.95. The average molecular weight is 255 g/mol. The normalized spacial score (nSPS) is 20.8. The quantitative estimate of drug-likeness (QED) is 0.782. The largest absolute Gasteiger partial charge is 0.298 e. The minimum atomic E-state index is 0.503. The van der Waals surface area contributed by atoms with Crippen molar-refractivity contribution in [3.63, 3.8) is 0 Å². The number of hydrogen-bond acceptors (Lipinski definition) is 3. The lowest BCUT2D eigenvalue weighted by Gasteiger charge is -2.44. The van der Waals surface area contributed by atoms with E-state index >= 15 is 0 Å². The van der Waals surface area contributed by atoms with Crippen LogP contribution in [0.15, 0.2) is 17.5 Å². The molecule has 3 heteroatoms. The summed E-state index contributed by atoms with van der Waals surface area (Å²) in [4.78, 5) is 3.96. The Hall–Kier alpha value is 0.01000. The molecule has 0 N–H and O–H groups in total. The predicted octanol–water partition coefficient (Wildman–Crippen LogP) is 3.84. The molecule has 1 heterocycles. The van der Waals surface area contributed by atoms with E-state index in [2.05, 4.69) is 49.0 Å². The van der Waals surface area contributed by atoms with Crippen molar-refractivity contribution in [2.24, 2.45) is 5.41 Å². The van der Waals surface area contributed by atoms with Crippen molar-refractivity contribution in [2.75, 3.05) is 19.3 Å². The van der Waals surface area contributed by atoms with Gasteiger partial charge in [0.1, 0.15) is 0 Å². The van der Waals surface area contributed by atoms with Crippen molar-refractivity contribution >= 4 is 24.0 Å². The van der Waals surface area contributed by atoms with Gasteiger partial charge in [0.25, 0.3) is 0 Å². The lowest BCUT2D eigenvalue weighted by atomic mass is 9.70. The van der Waals surface area contributed by atoms with Crippen molar-refractivity contribution in [3.8, 4) is 0 Å². The SMILES string of the molecule is CC(c1cccs1)N(C)CC1(CS)CCC1. The topological polar surface area (TPSA) is 3.24 Å². The van der Waals surface area contributed by atoms with Gasteiger partial charge >= 0.3 is 0 Å². The maximum absolute atomic E-state index is 4.53. The highest BCUT2D eigenvalue weighted by Gasteiger charge is 2.37. The van der Waals surface area contributed by atoms with Crippen molar-refractivity contribution in [2.45, 2.75) is 32.2 Å². The molecule has 0 amide bonds. The first-order valence-corrected chi connectivity index (χ1v) is 7.53. The molecule has 0 saturated heterocycles. The maximum atomic E-state index is 4.53. The summed E-state index contributed by atoms with van der Waals surface area (Å²) in [7, 11) is 2.24. The highest BCUT2D eigenvalue weighted by Crippen LogP contribution is 2.43. The second-order valence-corrected chi connectivity index (χ2v) is 6.41. The molecule has 1 saturated carbocycles. The summed E-state index contributed by atoms with van der Waals surface area (Å²) in [5.74, 6) is 1.04. The summed E-state index contributed by atoms with van der Waals surface area (Å²) in [5.41, 5.74) is 0.503. The molecule has 0 radical (unpaired) electrons. The summed E-state index contributed by atoms with van der Waals surface area (Å²) >= 11 is 6.38. The lowest BCUT2D eigenvalue weighted by molar-refractivity contribution is 0.0863. The second-order valence-electron chi connectivity index (χ2n) is 5.12. The van der Waals surface area contributed by atoms with E-state index in [-0.39, 0.29) is 0 Å². The third kappa shape index (κ3) is 2.47. The fourth-order valence-corrected chi connectivity index (χ4v) is 3.72. The Balaban J connectivity index is 1.95. The molecule has 0 aliphatic heterocycles. The van der Waals surface area contributed by atoms with Crippen LogP contribution >= 0.6 is 24.0 Å². The van der Waals surface area contributed by atoms with E-state index in [1.165, 1.54) is 30.7 Å². The zero-order valence-corrected chi connectivity index (χ0v) is 11.9. The molecule has 90 valence electrons. The number of hydrogen-bond donors (Lipinski definition) is 1. The van der Waals surface area contributed by atoms with Crippen LogP contribution in [0.5, 0.6) is 0 Å². The Kier molecular flexibility index (Phi) is 3.98. The Morgan fingerprint density at radius 1 is 1.56 bits per heavy atom. The average Bonchev–Trinajstić information content (AvgIpc) is 2.75. The van der Waals surface area contributed by atoms with Crippen LogP contribution in [0.4, 0.5) is 0 Å². The minimum absolute atomic E-state index is 0.503. The van der Waals surface area contributed by atoms with Crippen LogP contribution in [-0.2, 0) is 0 Å². The molecule has 1 nitrogen and oxygen atoms in total. The molecule has 1 fully saturated rings. The van der Waals surface area contributed by atoms with Crippen molar-refractivity contribution in [1.29, 1.82) is 0 Å². The monoisotopic (exact) mass is 255 g/mol. The highest BCUT2D eigenvalue weighted by molar-refractivity contribution is 7.80. The van der Waals surface area contributed by atoms with Gasteiger partial charge in [-0.2, -0.15) is 12.6 Å². The van der Waals surface area contributed by atoms with Gasteiger partial charge in [-0.05, 0) is 49.4 Å². The minimum Gasteiger partial charge on any atom is -0.298 e. The molecule has 1 aliphatic rings. The molecule has 0 aromatic carbocycles. The number of thiol groups is 1. The van der Waals surface area contributed by atoms with E-state index in [1.807, 2.05) is 11.3 Å². The Morgan fingerprint density at radius 2 is 2.31 bits per heavy atom. The molecular formula is C13H21NS2. The van der Waals surface area contributed by atoms with Crippen molar-refractivity contribution in [3.05, 3.63) is 22.4 Å². The summed E-state index contributed by atoms with van der Waals surface area (Å²) in [6.45, 7) is 3.49. The highest BCUT2D eigenvalue weighted by atomic mass is 32.1. The van der Waals surface area contributed by atoms with Crippen LogP contribution in [-0.4, -0.2) is 24.2 Å². The molecular weight excluding hydrogens is 234 g/mol. The molecule has 0 bridgehead atoms. The summed E-state index contributed by atoms with van der Waals surface area (Å²) in [6, 6.07) is 4.92. The molecule has 1 aliphatic carbocycles. The zero-order chi connectivity index (χ0) is 11.6. The second kappa shape index (κ2) is 5.11. The van der Waals surface area contributed by atoms with Gasteiger partial charge in [0, 0.05) is 17.5 Å². The standard InChI is InChI=1S/C13H21NS2/c1-11(12-5-3-8-16-12)14(2)9-13(10-15)6-4-7-13/h3,5,8,11,15H,4,6-7,9-10H2,1-2H3. The molecule has 1 aromatic heterocycles. The van der Waals surface area contributed by atoms with Gasteiger partial charge in [-0.25, -0.2) is 0 Å². The van der Waals surface area contributed by atoms with E-state index < -0.39 is 0 Å². The molecule has 1 unspecified atom stereocenters. The van der Waals surface area contributed by atoms with Crippen LogP contribution in [0.1, 0.15) is 37.1 Å². The van der Waals surface area contributed by atoms with Crippen LogP contribution < -0.4 is 0 Å². The van der Waals surface area contributed by atoms with Crippen molar-refractivity contribution < 1.29 is 0 Å². The van der Waals surface area contributed by atoms with Gasteiger partial charge in [0.05, 0.1) is 0 Å². The van der Waals surface area contributed by atoms with Gasteiger partial charge in [-0.3, -0.25) is 4.90 Å². The van der Waals surface area contributed by atoms with E-state index in [4.69, 9.17) is 0 Å². The molecule has 2 rings (SSSR count). The molecule has 1 aromatic rings. The fourth-order valence-electron chi connectivity index (χ4n) is 2.46. The molecule has 1 atom stereocenters. The van der Waals surface area contributed by atoms with Crippen LogP contribution in [0.3, 0.4) is 0 Å². The lowest BCUT2D eigenvalue weighted by Crippen LogP contribution is -2.42. The van der Waals surface area contributed by atoms with Crippen LogP contribution in [0.25, 0.3) is 0 Å². The smallest absolute Gasteiger partial charge is 0.0410 e. The van der Waals surface area contributed by atoms with Gasteiger partial charge < -0.3 is 0 Å². The van der Waals surface area contributed by atoms with E-state index in [0.717, 1.165) is 5.75 Å². The summed E-state index contributed by atoms with van der Waals surface area (Å²) in [5, 5.41) is 2.16. The Morgan fingerprint density at radius 3 is 2.75 bits per heavy atom. The Labute approximate surface area is 108 Å². The number of rotatable bonds is 5. The first-order valence-electron chi connectivity index (χ1n) is 6.01. The third-order valence-corrected chi connectivity index (χ3v) is 5.66. The number of thiophene rings is 1.